The van der Waals surface area contributed by atoms with Crippen molar-refractivity contribution in [2.75, 3.05) is 24.7 Å². The van der Waals surface area contributed by atoms with Gasteiger partial charge in [0.1, 0.15) is 11.6 Å². The van der Waals surface area contributed by atoms with Crippen LogP contribution in [-0.4, -0.2) is 52.7 Å². The summed E-state index contributed by atoms with van der Waals surface area (Å²) in [5.74, 6) is -0.458. The summed E-state index contributed by atoms with van der Waals surface area (Å²) < 4.78 is 10.3. The highest BCUT2D eigenvalue weighted by molar-refractivity contribution is 6.03. The zero-order valence-corrected chi connectivity index (χ0v) is 30.4. The van der Waals surface area contributed by atoms with Gasteiger partial charge in [0.2, 0.25) is 0 Å². The maximum absolute atomic E-state index is 13.2. The number of benzene rings is 4. The van der Waals surface area contributed by atoms with Crippen LogP contribution in [0.15, 0.2) is 109 Å². The maximum Gasteiger partial charge on any atom is 0.341 e. The molecule has 2 N–H and O–H groups in total. The second kappa shape index (κ2) is 18.9. The van der Waals surface area contributed by atoms with E-state index < -0.39 is 18.5 Å². The number of aromatic amines is 1. The Morgan fingerprint density at radius 2 is 1.38 bits per heavy atom. The van der Waals surface area contributed by atoms with Crippen LogP contribution in [0.4, 0.5) is 5.69 Å². The molecule has 272 valence electrons. The predicted molar refractivity (Wildman–Crippen MR) is 210 cm³/mol. The van der Waals surface area contributed by atoms with Gasteiger partial charge in [0.25, 0.3) is 5.91 Å². The minimum atomic E-state index is -1.05. The minimum Gasteiger partial charge on any atom is -0.482 e. The first kappa shape index (κ1) is 38.0. The Morgan fingerprint density at radius 1 is 0.755 bits per heavy atom. The van der Waals surface area contributed by atoms with Gasteiger partial charge in [-0.25, -0.2) is 14.6 Å². The lowest BCUT2D eigenvalue weighted by Gasteiger charge is -2.19. The van der Waals surface area contributed by atoms with E-state index in [0.29, 0.717) is 30.4 Å². The molecule has 0 saturated heterocycles. The molecule has 0 spiro atoms. The number of unbranched alkanes of at least 4 members (excludes halogenated alkanes) is 2. The van der Waals surface area contributed by atoms with Crippen LogP contribution in [0.2, 0.25) is 0 Å². The van der Waals surface area contributed by atoms with E-state index in [1.807, 2.05) is 85.8 Å². The fraction of sp³-hybridized carbons (Fsp3) is 0.227. The van der Waals surface area contributed by atoms with E-state index in [-0.39, 0.29) is 5.91 Å². The minimum absolute atomic E-state index is 0.0889. The maximum atomic E-state index is 13.2. The summed E-state index contributed by atoms with van der Waals surface area (Å²) in [5.41, 5.74) is 7.90. The van der Waals surface area contributed by atoms with Crippen LogP contribution < -0.4 is 9.64 Å². The topological polar surface area (TPSA) is 122 Å². The first-order valence-corrected chi connectivity index (χ1v) is 18.0. The lowest BCUT2D eigenvalue weighted by Crippen LogP contribution is -2.28. The van der Waals surface area contributed by atoms with Gasteiger partial charge >= 0.3 is 11.9 Å². The Bertz CT molecular complexity index is 2030. The molecule has 4 aromatic carbocycles. The number of nitrogens with one attached hydrogen (secondary N) is 1. The highest BCUT2D eigenvalue weighted by Gasteiger charge is 2.16. The van der Waals surface area contributed by atoms with Crippen LogP contribution in [0, 0.1) is 0 Å². The van der Waals surface area contributed by atoms with Gasteiger partial charge in [-0.2, -0.15) is 0 Å². The first-order chi connectivity index (χ1) is 25.8. The van der Waals surface area contributed by atoms with E-state index in [9.17, 15) is 14.4 Å². The van der Waals surface area contributed by atoms with Gasteiger partial charge in [0.15, 0.2) is 6.61 Å². The number of esters is 1. The summed E-state index contributed by atoms with van der Waals surface area (Å²) in [6.45, 7) is 6.37. The van der Waals surface area contributed by atoms with Gasteiger partial charge in [0, 0.05) is 41.1 Å². The Labute approximate surface area is 310 Å². The van der Waals surface area contributed by atoms with E-state index in [0.717, 1.165) is 45.6 Å². The van der Waals surface area contributed by atoms with Crippen LogP contribution in [0.1, 0.15) is 56.7 Å². The smallest absolute Gasteiger partial charge is 0.341 e. The quantitative estimate of drug-likeness (QED) is 0.0560. The predicted octanol–water partition coefficient (Wildman–Crippen LogP) is 9.25. The number of aryl methyl sites for hydroxylation is 1. The van der Waals surface area contributed by atoms with Gasteiger partial charge in [-0.05, 0) is 91.9 Å². The number of carboxylic acids is 1. The van der Waals surface area contributed by atoms with Crippen LogP contribution in [0.3, 0.4) is 0 Å². The van der Waals surface area contributed by atoms with Crippen molar-refractivity contribution in [3.8, 4) is 39.7 Å². The van der Waals surface area contributed by atoms with Crippen molar-refractivity contribution in [1.82, 2.24) is 9.97 Å². The Balaban J connectivity index is 1.37. The molecule has 0 fully saturated rings. The van der Waals surface area contributed by atoms with Gasteiger partial charge in [0.05, 0.1) is 18.0 Å². The molecule has 1 amide bonds. The summed E-state index contributed by atoms with van der Waals surface area (Å²) in [7, 11) is 0. The number of aliphatic carboxylic acids is 1. The zero-order chi connectivity index (χ0) is 37.6. The number of hydrogen-bond acceptors (Lipinski definition) is 6. The highest BCUT2D eigenvalue weighted by Crippen LogP contribution is 2.34. The third-order valence-corrected chi connectivity index (χ3v) is 8.59. The number of hydrogen-bond donors (Lipinski definition) is 2. The lowest BCUT2D eigenvalue weighted by molar-refractivity contribution is -0.139. The number of imidazole rings is 1. The number of amides is 1. The molecule has 9 nitrogen and oxygen atoms in total. The molecule has 0 unspecified atom stereocenters. The average molecular weight is 712 g/mol. The summed E-state index contributed by atoms with van der Waals surface area (Å²) in [6.07, 6.45) is 11.1. The standard InChI is InChI=1S/C44H45N3O6/c1-4-7-8-9-31-14-24-37(25-15-31)47(5-2)39(48)28-16-32-10-18-34(19-11-32)42-43(35-22-26-38(27-23-35)53-30-40(49)50)46-44(45-42)36-20-12-33(13-21-36)17-29-41(51)52-6-3/h10-29H,4-9,30H2,1-3H3,(H,45,46)(H,49,50). The highest BCUT2D eigenvalue weighted by atomic mass is 16.5. The molecule has 1 heterocycles. The first-order valence-electron chi connectivity index (χ1n) is 18.0. The molecule has 5 rings (SSSR count). The number of carbonyl (C=O) groups excluding carboxylic acids is 2. The van der Waals surface area contributed by atoms with E-state index in [4.69, 9.17) is 19.6 Å². The van der Waals surface area contributed by atoms with E-state index >= 15 is 0 Å². The normalized spacial score (nSPS) is 11.2. The average Bonchev–Trinajstić information content (AvgIpc) is 3.63. The SMILES string of the molecule is CCCCCc1ccc(N(CC)C(=O)C=Cc2ccc(-c3[nH]c(-c4ccc(C=CC(=O)OCC)cc4)nc3-c3ccc(OCC(=O)O)cc3)cc2)cc1. The molecule has 0 atom stereocenters. The van der Waals surface area contributed by atoms with E-state index in [1.165, 1.54) is 30.9 Å². The van der Waals surface area contributed by atoms with Crippen LogP contribution in [-0.2, 0) is 25.5 Å². The van der Waals surface area contributed by atoms with E-state index in [2.05, 4.69) is 24.0 Å². The Kier molecular flexibility index (Phi) is 13.5. The Hall–Kier alpha value is -6.22. The molecule has 9 heteroatoms. The van der Waals surface area contributed by atoms with Crippen molar-refractivity contribution in [3.05, 3.63) is 126 Å². The molecular formula is C44H45N3O6. The van der Waals surface area contributed by atoms with Crippen molar-refractivity contribution < 1.29 is 29.0 Å². The number of carbonyl (C=O) groups is 3. The second-order valence-corrected chi connectivity index (χ2v) is 12.4. The van der Waals surface area contributed by atoms with Crippen molar-refractivity contribution in [3.63, 3.8) is 0 Å². The molecule has 0 aliphatic heterocycles. The second-order valence-electron chi connectivity index (χ2n) is 12.4. The van der Waals surface area contributed by atoms with Gasteiger partial charge in [-0.3, -0.25) is 4.79 Å². The summed E-state index contributed by atoms with van der Waals surface area (Å²) in [5, 5.41) is 8.99. The fourth-order valence-electron chi connectivity index (χ4n) is 5.79. The van der Waals surface area contributed by atoms with Crippen molar-refractivity contribution in [2.24, 2.45) is 0 Å². The molecule has 0 radical (unpaired) electrons. The molecule has 0 aliphatic rings. The fourth-order valence-corrected chi connectivity index (χ4v) is 5.79. The molecule has 5 aromatic rings. The number of ether oxygens (including phenoxy) is 2. The number of nitrogens with zero attached hydrogens (tertiary/aromatic N) is 2. The van der Waals surface area contributed by atoms with Crippen LogP contribution in [0.5, 0.6) is 5.75 Å². The van der Waals surface area contributed by atoms with Gasteiger partial charge in [-0.1, -0.05) is 80.4 Å². The molecule has 0 aliphatic carbocycles. The number of H-pyrrole nitrogens is 1. The lowest BCUT2D eigenvalue weighted by atomic mass is 10.0. The largest absolute Gasteiger partial charge is 0.482 e. The number of aromatic nitrogens is 2. The van der Waals surface area contributed by atoms with E-state index in [1.54, 1.807) is 36.1 Å². The molecule has 1 aromatic heterocycles. The summed E-state index contributed by atoms with van der Waals surface area (Å²) >= 11 is 0. The van der Waals surface area contributed by atoms with Crippen molar-refractivity contribution in [2.45, 2.75) is 46.5 Å². The number of likely N-dealkylation sites (N-methyl/N-ethyl adjacent to an activating group) is 1. The number of rotatable bonds is 17. The number of carboxylic acid groups (broad SMARTS) is 1. The van der Waals surface area contributed by atoms with Gasteiger partial charge in [-0.15, -0.1) is 0 Å². The van der Waals surface area contributed by atoms with Crippen molar-refractivity contribution >= 4 is 35.7 Å². The Morgan fingerprint density at radius 3 is 1.98 bits per heavy atom. The van der Waals surface area contributed by atoms with Crippen LogP contribution in [0.25, 0.3) is 46.1 Å². The third kappa shape index (κ3) is 10.6. The zero-order valence-electron chi connectivity index (χ0n) is 30.4. The van der Waals surface area contributed by atoms with Gasteiger partial charge < -0.3 is 24.5 Å². The summed E-state index contributed by atoms with van der Waals surface area (Å²) in [4.78, 5) is 46.2. The third-order valence-electron chi connectivity index (χ3n) is 8.59. The molecular weight excluding hydrogens is 666 g/mol. The molecule has 0 saturated carbocycles. The monoisotopic (exact) mass is 711 g/mol. The van der Waals surface area contributed by atoms with Crippen molar-refractivity contribution in [1.29, 1.82) is 0 Å². The van der Waals surface area contributed by atoms with Crippen LogP contribution >= 0.6 is 0 Å². The number of anilines is 1. The molecule has 0 bridgehead atoms. The summed E-state index contributed by atoms with van der Waals surface area (Å²) in [6, 6.07) is 30.9. The molecule has 53 heavy (non-hydrogen) atoms.